The Kier molecular flexibility index (Phi) is 10.2. The van der Waals surface area contributed by atoms with Crippen molar-refractivity contribution in [3.05, 3.63) is 23.8 Å². The molecule has 0 amide bonds. The zero-order valence-electron chi connectivity index (χ0n) is 15.0. The molecule has 0 radical (unpaired) electrons. The van der Waals surface area contributed by atoms with Gasteiger partial charge in [-0.05, 0) is 49.4 Å². The highest BCUT2D eigenvalue weighted by Crippen LogP contribution is 2.27. The molecule has 0 saturated heterocycles. The SMILES string of the molecule is C=C(/C=C(\C)[C@@H](CC)O[Si](CC)(CC)CC)C[C@H](C)CO. The number of hydrogen-bond acceptors (Lipinski definition) is 2. The molecule has 0 aliphatic rings. The maximum Gasteiger partial charge on any atom is 0.192 e. The van der Waals surface area contributed by atoms with Gasteiger partial charge in [-0.2, -0.15) is 0 Å². The second-order valence-corrected chi connectivity index (χ2v) is 11.0. The number of aliphatic hydroxyl groups is 1. The third kappa shape index (κ3) is 6.94. The first kappa shape index (κ1) is 20.6. The Hall–Kier alpha value is -0.383. The second-order valence-electron chi connectivity index (χ2n) is 6.30. The van der Waals surface area contributed by atoms with Gasteiger partial charge < -0.3 is 9.53 Å². The Morgan fingerprint density at radius 1 is 1.19 bits per heavy atom. The summed E-state index contributed by atoms with van der Waals surface area (Å²) in [5.74, 6) is 0.276. The zero-order valence-corrected chi connectivity index (χ0v) is 16.0. The lowest BCUT2D eigenvalue weighted by molar-refractivity contribution is 0.216. The van der Waals surface area contributed by atoms with Crippen molar-refractivity contribution in [2.45, 2.75) is 78.6 Å². The van der Waals surface area contributed by atoms with E-state index in [0.29, 0.717) is 0 Å². The molecule has 0 aliphatic carbocycles. The lowest BCUT2D eigenvalue weighted by Gasteiger charge is -2.33. The summed E-state index contributed by atoms with van der Waals surface area (Å²) >= 11 is 0. The van der Waals surface area contributed by atoms with Gasteiger partial charge in [0.05, 0.1) is 6.10 Å². The molecule has 2 atom stereocenters. The fourth-order valence-electron chi connectivity index (χ4n) is 2.79. The Morgan fingerprint density at radius 2 is 1.71 bits per heavy atom. The quantitative estimate of drug-likeness (QED) is 0.414. The van der Waals surface area contributed by atoms with Crippen LogP contribution in [0, 0.1) is 5.92 Å². The van der Waals surface area contributed by atoms with Gasteiger partial charge in [0.2, 0.25) is 0 Å². The minimum atomic E-state index is -1.56. The van der Waals surface area contributed by atoms with Crippen molar-refractivity contribution in [1.82, 2.24) is 0 Å². The van der Waals surface area contributed by atoms with E-state index in [-0.39, 0.29) is 18.6 Å². The molecule has 0 heterocycles. The number of rotatable bonds is 11. The molecule has 0 aromatic carbocycles. The van der Waals surface area contributed by atoms with Gasteiger partial charge in [-0.3, -0.25) is 0 Å². The highest BCUT2D eigenvalue weighted by atomic mass is 28.4. The van der Waals surface area contributed by atoms with E-state index in [4.69, 9.17) is 9.53 Å². The maximum atomic E-state index is 9.14. The molecule has 2 nitrogen and oxygen atoms in total. The van der Waals surface area contributed by atoms with Crippen molar-refractivity contribution in [2.75, 3.05) is 6.61 Å². The molecule has 0 aromatic rings. The first-order chi connectivity index (χ1) is 9.87. The predicted octanol–water partition coefficient (Wildman–Crippen LogP) is 5.31. The molecule has 21 heavy (non-hydrogen) atoms. The summed E-state index contributed by atoms with van der Waals surface area (Å²) in [6.45, 7) is 17.6. The summed E-state index contributed by atoms with van der Waals surface area (Å²) in [6.07, 6.45) is 4.25. The molecular formula is C18H36O2Si. The summed E-state index contributed by atoms with van der Waals surface area (Å²) in [7, 11) is -1.56. The van der Waals surface area contributed by atoms with Gasteiger partial charge in [0, 0.05) is 6.61 Å². The highest BCUT2D eigenvalue weighted by Gasteiger charge is 2.31. The fourth-order valence-corrected chi connectivity index (χ4v) is 5.74. The molecule has 0 saturated carbocycles. The van der Waals surface area contributed by atoms with Gasteiger partial charge in [-0.15, -0.1) is 0 Å². The average Bonchev–Trinajstić information content (AvgIpc) is 2.48. The van der Waals surface area contributed by atoms with Crippen molar-refractivity contribution in [2.24, 2.45) is 5.92 Å². The third-order valence-corrected chi connectivity index (χ3v) is 9.21. The van der Waals surface area contributed by atoms with Crippen molar-refractivity contribution in [3.8, 4) is 0 Å². The van der Waals surface area contributed by atoms with E-state index in [1.54, 1.807) is 0 Å². The maximum absolute atomic E-state index is 9.14. The van der Waals surface area contributed by atoms with Crippen LogP contribution in [0.15, 0.2) is 23.8 Å². The van der Waals surface area contributed by atoms with E-state index in [0.717, 1.165) is 18.4 Å². The van der Waals surface area contributed by atoms with Crippen LogP contribution in [0.1, 0.15) is 54.4 Å². The van der Waals surface area contributed by atoms with Crippen LogP contribution in [-0.4, -0.2) is 26.1 Å². The Morgan fingerprint density at radius 3 is 2.10 bits per heavy atom. The zero-order chi connectivity index (χ0) is 16.5. The second kappa shape index (κ2) is 10.4. The first-order valence-corrected chi connectivity index (χ1v) is 11.0. The molecule has 0 fully saturated rings. The number of hydrogen-bond donors (Lipinski definition) is 1. The topological polar surface area (TPSA) is 29.5 Å². The fraction of sp³-hybridized carbons (Fsp3) is 0.778. The molecule has 0 aromatic heterocycles. The van der Waals surface area contributed by atoms with E-state index in [1.807, 2.05) is 6.92 Å². The van der Waals surface area contributed by atoms with Crippen LogP contribution < -0.4 is 0 Å². The molecule has 124 valence electrons. The van der Waals surface area contributed by atoms with Gasteiger partial charge in [-0.1, -0.05) is 52.8 Å². The summed E-state index contributed by atoms with van der Waals surface area (Å²) < 4.78 is 6.61. The van der Waals surface area contributed by atoms with Crippen LogP contribution in [0.4, 0.5) is 0 Å². The monoisotopic (exact) mass is 312 g/mol. The Bertz CT molecular complexity index is 324. The minimum Gasteiger partial charge on any atom is -0.410 e. The van der Waals surface area contributed by atoms with E-state index in [2.05, 4.69) is 47.3 Å². The molecule has 0 aliphatic heterocycles. The lowest BCUT2D eigenvalue weighted by Crippen LogP contribution is -2.40. The van der Waals surface area contributed by atoms with Gasteiger partial charge in [0.1, 0.15) is 0 Å². The van der Waals surface area contributed by atoms with E-state index < -0.39 is 8.32 Å². The van der Waals surface area contributed by atoms with Crippen molar-refractivity contribution in [1.29, 1.82) is 0 Å². The van der Waals surface area contributed by atoms with Crippen molar-refractivity contribution < 1.29 is 9.53 Å². The molecule has 0 unspecified atom stereocenters. The van der Waals surface area contributed by atoms with E-state index in [9.17, 15) is 0 Å². The van der Waals surface area contributed by atoms with Gasteiger partial charge in [0.15, 0.2) is 8.32 Å². The van der Waals surface area contributed by atoms with E-state index >= 15 is 0 Å². The van der Waals surface area contributed by atoms with Crippen LogP contribution in [-0.2, 0) is 4.43 Å². The van der Waals surface area contributed by atoms with Crippen LogP contribution in [0.5, 0.6) is 0 Å². The standard InChI is InChI=1S/C18H36O2Si/c1-8-18(20-21(9-2,10-3)11-4)17(7)13-15(5)12-16(6)14-19/h13,16,18-19H,5,8-12,14H2,1-4,6-7H3/b17-13+/t16-,18+/m0/s1. The van der Waals surface area contributed by atoms with Gasteiger partial charge in [0.25, 0.3) is 0 Å². The average molecular weight is 313 g/mol. The van der Waals surface area contributed by atoms with Crippen molar-refractivity contribution in [3.63, 3.8) is 0 Å². The minimum absolute atomic E-state index is 0.219. The van der Waals surface area contributed by atoms with Crippen molar-refractivity contribution >= 4 is 8.32 Å². The summed E-state index contributed by atoms with van der Waals surface area (Å²) in [4.78, 5) is 0. The molecule has 0 rings (SSSR count). The summed E-state index contributed by atoms with van der Waals surface area (Å²) in [6, 6.07) is 3.56. The molecule has 1 N–H and O–H groups in total. The molecular weight excluding hydrogens is 276 g/mol. The first-order valence-electron chi connectivity index (χ1n) is 8.52. The number of aliphatic hydroxyl groups excluding tert-OH is 1. The Balaban J connectivity index is 4.89. The van der Waals surface area contributed by atoms with Gasteiger partial charge in [-0.25, -0.2) is 0 Å². The molecule has 0 bridgehead atoms. The smallest absolute Gasteiger partial charge is 0.192 e. The predicted molar refractivity (Wildman–Crippen MR) is 96.1 cm³/mol. The van der Waals surface area contributed by atoms with Crippen LogP contribution in [0.2, 0.25) is 18.1 Å². The van der Waals surface area contributed by atoms with Crippen LogP contribution in [0.25, 0.3) is 0 Å². The number of allylic oxidation sites excluding steroid dienone is 2. The van der Waals surface area contributed by atoms with Gasteiger partial charge >= 0.3 is 0 Å². The molecule has 3 heteroatoms. The van der Waals surface area contributed by atoms with E-state index in [1.165, 1.54) is 23.7 Å². The highest BCUT2D eigenvalue weighted by molar-refractivity contribution is 6.73. The molecule has 0 spiro atoms. The third-order valence-electron chi connectivity index (χ3n) is 4.56. The summed E-state index contributed by atoms with van der Waals surface area (Å²) in [5.41, 5.74) is 2.37. The largest absolute Gasteiger partial charge is 0.410 e. The van der Waals surface area contributed by atoms with Crippen LogP contribution in [0.3, 0.4) is 0 Å². The van der Waals surface area contributed by atoms with Crippen LogP contribution >= 0.6 is 0 Å². The lowest BCUT2D eigenvalue weighted by atomic mass is 9.99. The Labute approximate surface area is 133 Å². The normalized spacial score (nSPS) is 15.9. The summed E-state index contributed by atoms with van der Waals surface area (Å²) in [5, 5.41) is 9.14.